The molecule has 1 aliphatic heterocycles. The number of ether oxygens (including phenoxy) is 4. The van der Waals surface area contributed by atoms with Crippen molar-refractivity contribution < 1.29 is 38.4 Å². The van der Waals surface area contributed by atoms with Crippen molar-refractivity contribution in [1.29, 1.82) is 0 Å². The molecule has 0 aromatic heterocycles. The SMILES string of the molecule is CC(=O)OC[C@@H]1O[C@H](O)[C@H](OC(C)=O)[C@H]1OC(C)=O. The predicted octanol–water partition coefficient (Wildman–Crippen LogP) is -0.870. The van der Waals surface area contributed by atoms with Gasteiger partial charge in [-0.15, -0.1) is 0 Å². The summed E-state index contributed by atoms with van der Waals surface area (Å²) in [6.45, 7) is 3.30. The third kappa shape index (κ3) is 4.49. The molecule has 0 spiro atoms. The van der Waals surface area contributed by atoms with E-state index in [-0.39, 0.29) is 6.61 Å². The second-order valence-electron chi connectivity index (χ2n) is 4.02. The molecule has 0 bridgehead atoms. The number of esters is 3. The summed E-state index contributed by atoms with van der Waals surface area (Å²) in [6.07, 6.45) is -4.53. The van der Waals surface area contributed by atoms with Crippen LogP contribution in [0.3, 0.4) is 0 Å². The van der Waals surface area contributed by atoms with Crippen molar-refractivity contribution in [3.05, 3.63) is 0 Å². The van der Waals surface area contributed by atoms with E-state index in [1.807, 2.05) is 0 Å². The fourth-order valence-electron chi connectivity index (χ4n) is 1.69. The van der Waals surface area contributed by atoms with E-state index in [1.165, 1.54) is 13.8 Å². The number of rotatable bonds is 4. The average Bonchev–Trinajstić information content (AvgIpc) is 2.53. The van der Waals surface area contributed by atoms with Crippen LogP contribution in [0.25, 0.3) is 0 Å². The fourth-order valence-corrected chi connectivity index (χ4v) is 1.69. The summed E-state index contributed by atoms with van der Waals surface area (Å²) in [4.78, 5) is 32.7. The molecular formula is C11H16O8. The molecule has 1 N–H and O–H groups in total. The van der Waals surface area contributed by atoms with Crippen LogP contribution in [0.2, 0.25) is 0 Å². The maximum Gasteiger partial charge on any atom is 0.303 e. The zero-order chi connectivity index (χ0) is 14.6. The van der Waals surface area contributed by atoms with Gasteiger partial charge in [0.15, 0.2) is 18.5 Å². The Morgan fingerprint density at radius 1 is 1.00 bits per heavy atom. The lowest BCUT2D eigenvalue weighted by molar-refractivity contribution is -0.174. The molecule has 8 nitrogen and oxygen atoms in total. The summed E-state index contributed by atoms with van der Waals surface area (Å²) in [7, 11) is 0. The first kappa shape index (κ1) is 15.4. The van der Waals surface area contributed by atoms with Crippen LogP contribution in [0.4, 0.5) is 0 Å². The van der Waals surface area contributed by atoms with E-state index in [4.69, 9.17) is 18.9 Å². The standard InChI is InChI=1S/C11H16O8/c1-5(12)16-4-8-9(17-6(2)13)10(11(15)19-8)18-7(3)14/h8-11,15H,4H2,1-3H3/t8-,9-,10+,11-/m0/s1. The molecule has 0 aliphatic carbocycles. The number of hydrogen-bond donors (Lipinski definition) is 1. The Bertz CT molecular complexity index is 366. The minimum atomic E-state index is -1.45. The van der Waals surface area contributed by atoms with Crippen molar-refractivity contribution in [1.82, 2.24) is 0 Å². The van der Waals surface area contributed by atoms with Gasteiger partial charge in [-0.1, -0.05) is 0 Å². The Labute approximate surface area is 109 Å². The molecule has 108 valence electrons. The summed E-state index contributed by atoms with van der Waals surface area (Å²) < 4.78 is 19.6. The van der Waals surface area contributed by atoms with Crippen molar-refractivity contribution in [2.24, 2.45) is 0 Å². The van der Waals surface area contributed by atoms with Crippen molar-refractivity contribution in [2.75, 3.05) is 6.61 Å². The van der Waals surface area contributed by atoms with Gasteiger partial charge in [-0.25, -0.2) is 0 Å². The zero-order valence-corrected chi connectivity index (χ0v) is 10.8. The third-order valence-electron chi connectivity index (χ3n) is 2.34. The zero-order valence-electron chi connectivity index (χ0n) is 10.8. The topological polar surface area (TPSA) is 108 Å². The maximum atomic E-state index is 11.0. The molecule has 1 fully saturated rings. The molecule has 0 radical (unpaired) electrons. The lowest BCUT2D eigenvalue weighted by atomic mass is 10.1. The largest absolute Gasteiger partial charge is 0.463 e. The molecule has 1 saturated heterocycles. The van der Waals surface area contributed by atoms with Crippen LogP contribution >= 0.6 is 0 Å². The highest BCUT2D eigenvalue weighted by molar-refractivity contribution is 5.67. The van der Waals surface area contributed by atoms with Crippen LogP contribution in [0.1, 0.15) is 20.8 Å². The van der Waals surface area contributed by atoms with Crippen molar-refractivity contribution in [2.45, 2.75) is 45.4 Å². The molecule has 8 heteroatoms. The summed E-state index contributed by atoms with van der Waals surface area (Å²) in [5, 5.41) is 9.63. The number of hydrogen-bond acceptors (Lipinski definition) is 8. The molecule has 0 saturated carbocycles. The van der Waals surface area contributed by atoms with E-state index in [0.29, 0.717) is 0 Å². The molecule has 19 heavy (non-hydrogen) atoms. The van der Waals surface area contributed by atoms with E-state index in [9.17, 15) is 19.5 Å². The molecule has 4 atom stereocenters. The molecule has 0 amide bonds. The van der Waals surface area contributed by atoms with Gasteiger partial charge in [-0.3, -0.25) is 14.4 Å². The van der Waals surface area contributed by atoms with E-state index in [2.05, 4.69) is 0 Å². The predicted molar refractivity (Wildman–Crippen MR) is 58.6 cm³/mol. The van der Waals surface area contributed by atoms with Crippen LogP contribution in [-0.2, 0) is 33.3 Å². The normalized spacial score (nSPS) is 29.7. The molecule has 0 aromatic rings. The van der Waals surface area contributed by atoms with Gasteiger partial charge in [0.05, 0.1) is 0 Å². The minimum absolute atomic E-state index is 0.220. The highest BCUT2D eigenvalue weighted by Gasteiger charge is 2.48. The van der Waals surface area contributed by atoms with E-state index in [1.54, 1.807) is 0 Å². The first-order valence-corrected chi connectivity index (χ1v) is 5.62. The number of carbonyl (C=O) groups excluding carboxylic acids is 3. The fraction of sp³-hybridized carbons (Fsp3) is 0.727. The first-order chi connectivity index (χ1) is 8.81. The second-order valence-corrected chi connectivity index (χ2v) is 4.02. The lowest BCUT2D eigenvalue weighted by Gasteiger charge is -2.21. The Morgan fingerprint density at radius 3 is 2.00 bits per heavy atom. The number of aliphatic hydroxyl groups is 1. The van der Waals surface area contributed by atoms with E-state index >= 15 is 0 Å². The van der Waals surface area contributed by atoms with Gasteiger partial charge in [0, 0.05) is 20.8 Å². The van der Waals surface area contributed by atoms with Crippen molar-refractivity contribution in [3.8, 4) is 0 Å². The molecule has 0 unspecified atom stereocenters. The highest BCUT2D eigenvalue weighted by Crippen LogP contribution is 2.26. The van der Waals surface area contributed by atoms with Crippen molar-refractivity contribution >= 4 is 17.9 Å². The van der Waals surface area contributed by atoms with Crippen LogP contribution in [0, 0.1) is 0 Å². The smallest absolute Gasteiger partial charge is 0.303 e. The molecule has 1 heterocycles. The van der Waals surface area contributed by atoms with Gasteiger partial charge in [0.25, 0.3) is 0 Å². The minimum Gasteiger partial charge on any atom is -0.463 e. The highest BCUT2D eigenvalue weighted by atomic mass is 16.7. The Hall–Kier alpha value is -1.67. The quantitative estimate of drug-likeness (QED) is 0.521. The van der Waals surface area contributed by atoms with E-state index < -0.39 is 42.5 Å². The van der Waals surface area contributed by atoms with Gasteiger partial charge in [-0.2, -0.15) is 0 Å². The number of carbonyl (C=O) groups is 3. The Morgan fingerprint density at radius 2 is 1.53 bits per heavy atom. The monoisotopic (exact) mass is 276 g/mol. The van der Waals surface area contributed by atoms with Gasteiger partial charge in [0.1, 0.15) is 12.7 Å². The van der Waals surface area contributed by atoms with Crippen LogP contribution < -0.4 is 0 Å². The summed E-state index contributed by atoms with van der Waals surface area (Å²) >= 11 is 0. The molecule has 1 rings (SSSR count). The van der Waals surface area contributed by atoms with Gasteiger partial charge in [0.2, 0.25) is 0 Å². The van der Waals surface area contributed by atoms with Gasteiger partial charge >= 0.3 is 17.9 Å². The third-order valence-corrected chi connectivity index (χ3v) is 2.34. The average molecular weight is 276 g/mol. The molecule has 0 aromatic carbocycles. The summed E-state index contributed by atoms with van der Waals surface area (Å²) in [5.41, 5.74) is 0. The van der Waals surface area contributed by atoms with Crippen LogP contribution in [-0.4, -0.2) is 54.2 Å². The van der Waals surface area contributed by atoms with Gasteiger partial charge < -0.3 is 24.1 Å². The van der Waals surface area contributed by atoms with E-state index in [0.717, 1.165) is 6.92 Å². The number of aliphatic hydroxyl groups excluding tert-OH is 1. The molecule has 1 aliphatic rings. The summed E-state index contributed by atoms with van der Waals surface area (Å²) in [5.74, 6) is -1.83. The second kappa shape index (κ2) is 6.48. The first-order valence-electron chi connectivity index (χ1n) is 5.62. The Kier molecular flexibility index (Phi) is 5.25. The van der Waals surface area contributed by atoms with Gasteiger partial charge in [-0.05, 0) is 0 Å². The van der Waals surface area contributed by atoms with Crippen molar-refractivity contribution in [3.63, 3.8) is 0 Å². The summed E-state index contributed by atoms with van der Waals surface area (Å²) in [6, 6.07) is 0. The maximum absolute atomic E-state index is 11.0. The lowest BCUT2D eigenvalue weighted by Crippen LogP contribution is -2.41. The molecular weight excluding hydrogens is 260 g/mol. The van der Waals surface area contributed by atoms with Crippen LogP contribution in [0.15, 0.2) is 0 Å². The Balaban J connectivity index is 2.76. The van der Waals surface area contributed by atoms with Crippen LogP contribution in [0.5, 0.6) is 0 Å².